The number of aliphatic imine (C=N–C) groups is 1. The van der Waals surface area contributed by atoms with Gasteiger partial charge in [-0.2, -0.15) is 0 Å². The molecular weight excluding hydrogens is 248 g/mol. The highest BCUT2D eigenvalue weighted by molar-refractivity contribution is 5.80. The summed E-state index contributed by atoms with van der Waals surface area (Å²) in [6.45, 7) is 16.5. The number of hydrogen-bond donors (Lipinski definition) is 2. The summed E-state index contributed by atoms with van der Waals surface area (Å²) in [6, 6.07) is 0. The van der Waals surface area contributed by atoms with Crippen molar-refractivity contribution in [3.05, 3.63) is 0 Å². The SMILES string of the molecule is CCNC(=NCCCN1CCCC(C)C1)NC(C)(C)C. The van der Waals surface area contributed by atoms with Gasteiger partial charge in [0.05, 0.1) is 0 Å². The Morgan fingerprint density at radius 1 is 1.35 bits per heavy atom. The van der Waals surface area contributed by atoms with Crippen LogP contribution >= 0.6 is 0 Å². The fourth-order valence-electron chi connectivity index (χ4n) is 2.64. The van der Waals surface area contributed by atoms with Gasteiger partial charge in [-0.05, 0) is 66.0 Å². The second-order valence-corrected chi connectivity index (χ2v) is 7.04. The van der Waals surface area contributed by atoms with E-state index < -0.39 is 0 Å². The van der Waals surface area contributed by atoms with Gasteiger partial charge in [-0.15, -0.1) is 0 Å². The Morgan fingerprint density at radius 3 is 2.70 bits per heavy atom. The maximum absolute atomic E-state index is 4.67. The summed E-state index contributed by atoms with van der Waals surface area (Å²) in [5.74, 6) is 1.80. The molecule has 0 aromatic carbocycles. The molecule has 1 saturated heterocycles. The molecule has 118 valence electrons. The fourth-order valence-corrected chi connectivity index (χ4v) is 2.64. The molecule has 0 spiro atoms. The minimum Gasteiger partial charge on any atom is -0.357 e. The lowest BCUT2D eigenvalue weighted by molar-refractivity contribution is 0.183. The highest BCUT2D eigenvalue weighted by Crippen LogP contribution is 2.15. The van der Waals surface area contributed by atoms with Gasteiger partial charge in [0, 0.05) is 25.2 Å². The van der Waals surface area contributed by atoms with E-state index in [1.807, 2.05) is 0 Å². The summed E-state index contributed by atoms with van der Waals surface area (Å²) in [5.41, 5.74) is 0.0588. The Balaban J connectivity index is 2.29. The van der Waals surface area contributed by atoms with Crippen LogP contribution in [-0.2, 0) is 0 Å². The summed E-state index contributed by atoms with van der Waals surface area (Å²) in [6.07, 6.45) is 3.90. The molecule has 1 atom stereocenters. The third-order valence-corrected chi connectivity index (χ3v) is 3.48. The molecule has 1 heterocycles. The zero-order chi connectivity index (χ0) is 15.0. The molecule has 0 aromatic rings. The Kier molecular flexibility index (Phi) is 7.35. The second kappa shape index (κ2) is 8.50. The first kappa shape index (κ1) is 17.3. The van der Waals surface area contributed by atoms with Crippen LogP contribution in [0.15, 0.2) is 4.99 Å². The average molecular weight is 282 g/mol. The van der Waals surface area contributed by atoms with Gasteiger partial charge in [0.1, 0.15) is 0 Å². The predicted molar refractivity (Wildman–Crippen MR) is 88.3 cm³/mol. The second-order valence-electron chi connectivity index (χ2n) is 7.04. The number of nitrogens with zero attached hydrogens (tertiary/aromatic N) is 2. The number of guanidine groups is 1. The van der Waals surface area contributed by atoms with Gasteiger partial charge >= 0.3 is 0 Å². The van der Waals surface area contributed by atoms with Crippen LogP contribution in [0, 0.1) is 5.92 Å². The van der Waals surface area contributed by atoms with Crippen molar-refractivity contribution in [1.82, 2.24) is 15.5 Å². The number of hydrogen-bond acceptors (Lipinski definition) is 2. The first-order valence-electron chi connectivity index (χ1n) is 8.19. The van der Waals surface area contributed by atoms with E-state index in [0.29, 0.717) is 0 Å². The van der Waals surface area contributed by atoms with Crippen LogP contribution in [0.4, 0.5) is 0 Å². The topological polar surface area (TPSA) is 39.7 Å². The van der Waals surface area contributed by atoms with Gasteiger partial charge in [-0.25, -0.2) is 0 Å². The molecule has 1 unspecified atom stereocenters. The van der Waals surface area contributed by atoms with Crippen LogP contribution in [0.3, 0.4) is 0 Å². The molecule has 1 aliphatic heterocycles. The van der Waals surface area contributed by atoms with Gasteiger partial charge in [-0.1, -0.05) is 6.92 Å². The van der Waals surface area contributed by atoms with E-state index >= 15 is 0 Å². The molecule has 0 amide bonds. The van der Waals surface area contributed by atoms with Gasteiger partial charge in [0.25, 0.3) is 0 Å². The quantitative estimate of drug-likeness (QED) is 0.462. The van der Waals surface area contributed by atoms with Crippen LogP contribution in [0.25, 0.3) is 0 Å². The van der Waals surface area contributed by atoms with Crippen LogP contribution in [0.5, 0.6) is 0 Å². The molecule has 1 fully saturated rings. The van der Waals surface area contributed by atoms with Gasteiger partial charge in [0.2, 0.25) is 0 Å². The van der Waals surface area contributed by atoms with E-state index in [1.54, 1.807) is 0 Å². The van der Waals surface area contributed by atoms with Crippen molar-refractivity contribution in [2.45, 2.75) is 59.4 Å². The molecule has 20 heavy (non-hydrogen) atoms. The summed E-state index contributed by atoms with van der Waals surface area (Å²) in [7, 11) is 0. The average Bonchev–Trinajstić information content (AvgIpc) is 2.33. The van der Waals surface area contributed by atoms with Crippen molar-refractivity contribution in [2.75, 3.05) is 32.7 Å². The highest BCUT2D eigenvalue weighted by Gasteiger charge is 2.15. The van der Waals surface area contributed by atoms with E-state index in [2.05, 4.69) is 55.1 Å². The molecule has 1 rings (SSSR count). The molecular formula is C16H34N4. The van der Waals surface area contributed by atoms with Crippen molar-refractivity contribution in [2.24, 2.45) is 10.9 Å². The standard InChI is InChI=1S/C16H34N4/c1-6-17-15(19-16(3,4)5)18-10-8-12-20-11-7-9-14(2)13-20/h14H,6-13H2,1-5H3,(H2,17,18,19). The molecule has 4 heteroatoms. The van der Waals surface area contributed by atoms with Crippen LogP contribution in [-0.4, -0.2) is 49.1 Å². The predicted octanol–water partition coefficient (Wildman–Crippen LogP) is 2.46. The largest absolute Gasteiger partial charge is 0.357 e. The zero-order valence-electron chi connectivity index (χ0n) is 14.1. The molecule has 0 aliphatic carbocycles. The first-order chi connectivity index (χ1) is 9.40. The van der Waals surface area contributed by atoms with E-state index in [0.717, 1.165) is 31.4 Å². The minimum absolute atomic E-state index is 0.0588. The van der Waals surface area contributed by atoms with E-state index in [4.69, 9.17) is 0 Å². The number of rotatable bonds is 5. The first-order valence-corrected chi connectivity index (χ1v) is 8.19. The van der Waals surface area contributed by atoms with Crippen molar-refractivity contribution in [3.63, 3.8) is 0 Å². The molecule has 0 bridgehead atoms. The van der Waals surface area contributed by atoms with Crippen molar-refractivity contribution in [1.29, 1.82) is 0 Å². The zero-order valence-corrected chi connectivity index (χ0v) is 14.1. The molecule has 0 saturated carbocycles. The Bertz CT molecular complexity index is 293. The smallest absolute Gasteiger partial charge is 0.191 e. The summed E-state index contributed by atoms with van der Waals surface area (Å²) < 4.78 is 0. The van der Waals surface area contributed by atoms with E-state index in [-0.39, 0.29) is 5.54 Å². The van der Waals surface area contributed by atoms with Crippen molar-refractivity contribution < 1.29 is 0 Å². The van der Waals surface area contributed by atoms with Crippen LogP contribution < -0.4 is 10.6 Å². The maximum Gasteiger partial charge on any atom is 0.191 e. The Hall–Kier alpha value is -0.770. The van der Waals surface area contributed by atoms with Crippen molar-refractivity contribution in [3.8, 4) is 0 Å². The summed E-state index contributed by atoms with van der Waals surface area (Å²) in [5, 5.41) is 6.74. The third kappa shape index (κ3) is 7.73. The van der Waals surface area contributed by atoms with Crippen LogP contribution in [0.2, 0.25) is 0 Å². The summed E-state index contributed by atoms with van der Waals surface area (Å²) >= 11 is 0. The van der Waals surface area contributed by atoms with Gasteiger partial charge in [-0.3, -0.25) is 4.99 Å². The number of nitrogens with one attached hydrogen (secondary N) is 2. The normalized spacial score (nSPS) is 21.9. The lowest BCUT2D eigenvalue weighted by Crippen LogP contribution is -2.47. The third-order valence-electron chi connectivity index (χ3n) is 3.48. The molecule has 4 nitrogen and oxygen atoms in total. The lowest BCUT2D eigenvalue weighted by atomic mass is 10.0. The van der Waals surface area contributed by atoms with Crippen LogP contribution in [0.1, 0.15) is 53.9 Å². The molecule has 0 radical (unpaired) electrons. The number of likely N-dealkylation sites (tertiary alicyclic amines) is 1. The van der Waals surface area contributed by atoms with E-state index in [1.165, 1.54) is 32.5 Å². The molecule has 1 aliphatic rings. The molecule has 0 aromatic heterocycles. The van der Waals surface area contributed by atoms with E-state index in [9.17, 15) is 0 Å². The van der Waals surface area contributed by atoms with Gasteiger partial charge in [0.15, 0.2) is 5.96 Å². The fraction of sp³-hybridized carbons (Fsp3) is 0.938. The molecule has 2 N–H and O–H groups in total. The Labute approximate surface area is 125 Å². The minimum atomic E-state index is 0.0588. The van der Waals surface area contributed by atoms with Crippen molar-refractivity contribution >= 4 is 5.96 Å². The number of piperidine rings is 1. The highest BCUT2D eigenvalue weighted by atomic mass is 15.2. The maximum atomic E-state index is 4.67. The lowest BCUT2D eigenvalue weighted by Gasteiger charge is -2.30. The van der Waals surface area contributed by atoms with Gasteiger partial charge < -0.3 is 15.5 Å². The Morgan fingerprint density at radius 2 is 2.10 bits per heavy atom. The summed E-state index contributed by atoms with van der Waals surface area (Å²) in [4.78, 5) is 7.26. The monoisotopic (exact) mass is 282 g/mol.